The van der Waals surface area contributed by atoms with E-state index in [9.17, 15) is 0 Å². The van der Waals surface area contributed by atoms with Crippen LogP contribution in [0.2, 0.25) is 0 Å². The molecule has 1 aliphatic rings. The zero-order valence-corrected chi connectivity index (χ0v) is 13.4. The normalized spacial score (nSPS) is 18.9. The van der Waals surface area contributed by atoms with E-state index in [1.807, 2.05) is 19.6 Å². The van der Waals surface area contributed by atoms with Crippen LogP contribution in [-0.4, -0.2) is 40.6 Å². The van der Waals surface area contributed by atoms with Crippen LogP contribution in [0.4, 0.5) is 0 Å². The molecule has 4 heteroatoms. The Morgan fingerprint density at radius 2 is 2.14 bits per heavy atom. The fourth-order valence-corrected chi connectivity index (χ4v) is 3.17. The van der Waals surface area contributed by atoms with E-state index in [2.05, 4.69) is 50.1 Å². The smallest absolute Gasteiger partial charge is 0.0945 e. The van der Waals surface area contributed by atoms with Gasteiger partial charge in [0.1, 0.15) is 0 Å². The highest BCUT2D eigenvalue weighted by Crippen LogP contribution is 2.16. The van der Waals surface area contributed by atoms with Crippen LogP contribution < -0.4 is 5.32 Å². The number of hydrogen-bond donors (Lipinski definition) is 1. The predicted molar refractivity (Wildman–Crippen MR) is 89.6 cm³/mol. The van der Waals surface area contributed by atoms with E-state index in [0.29, 0.717) is 0 Å². The Labute approximate surface area is 133 Å². The van der Waals surface area contributed by atoms with Crippen molar-refractivity contribution in [2.75, 3.05) is 26.2 Å². The molecule has 0 amide bonds. The first kappa shape index (κ1) is 15.3. The van der Waals surface area contributed by atoms with Gasteiger partial charge in [-0.2, -0.15) is 0 Å². The molecule has 1 saturated heterocycles. The zero-order valence-electron chi connectivity index (χ0n) is 13.4. The molecule has 2 aromatic rings. The van der Waals surface area contributed by atoms with Gasteiger partial charge >= 0.3 is 0 Å². The van der Waals surface area contributed by atoms with E-state index in [1.54, 1.807) is 0 Å². The Balaban J connectivity index is 1.35. The van der Waals surface area contributed by atoms with Crippen LogP contribution in [-0.2, 0) is 20.0 Å². The molecule has 1 fully saturated rings. The summed E-state index contributed by atoms with van der Waals surface area (Å²) in [5, 5.41) is 3.58. The molecule has 118 valence electrons. The molecule has 1 aliphatic heterocycles. The molecule has 1 aromatic carbocycles. The molecule has 0 radical (unpaired) electrons. The Morgan fingerprint density at radius 1 is 1.27 bits per heavy atom. The van der Waals surface area contributed by atoms with Crippen LogP contribution in [0.5, 0.6) is 0 Å². The average molecular weight is 298 g/mol. The lowest BCUT2D eigenvalue weighted by Crippen LogP contribution is -2.27. The number of likely N-dealkylation sites (tertiary alicyclic amines) is 1. The minimum absolute atomic E-state index is 0.781. The van der Waals surface area contributed by atoms with E-state index in [0.717, 1.165) is 25.4 Å². The van der Waals surface area contributed by atoms with Gasteiger partial charge in [-0.05, 0) is 37.4 Å². The van der Waals surface area contributed by atoms with Crippen molar-refractivity contribution < 1.29 is 0 Å². The Kier molecular flexibility index (Phi) is 5.24. The van der Waals surface area contributed by atoms with Gasteiger partial charge < -0.3 is 14.8 Å². The maximum Gasteiger partial charge on any atom is 0.0945 e. The second kappa shape index (κ2) is 7.56. The molecule has 1 atom stereocenters. The first-order valence-electron chi connectivity index (χ1n) is 8.23. The Bertz CT molecular complexity index is 563. The fourth-order valence-electron chi connectivity index (χ4n) is 3.17. The molecule has 3 rings (SSSR count). The minimum Gasteiger partial charge on any atom is -0.337 e. The quantitative estimate of drug-likeness (QED) is 0.849. The summed E-state index contributed by atoms with van der Waals surface area (Å²) in [6.45, 7) is 5.67. The summed E-state index contributed by atoms with van der Waals surface area (Å²) in [5.41, 5.74) is 2.69. The molecule has 1 aromatic heterocycles. The number of aryl methyl sites for hydroxylation is 1. The Morgan fingerprint density at radius 3 is 2.91 bits per heavy atom. The Hall–Kier alpha value is -1.65. The van der Waals surface area contributed by atoms with Gasteiger partial charge in [0.05, 0.1) is 12.0 Å². The number of imidazole rings is 1. The molecule has 22 heavy (non-hydrogen) atoms. The zero-order chi connectivity index (χ0) is 15.2. The van der Waals surface area contributed by atoms with Gasteiger partial charge in [-0.25, -0.2) is 4.98 Å². The van der Waals surface area contributed by atoms with E-state index in [1.165, 1.54) is 37.3 Å². The maximum atomic E-state index is 4.15. The van der Waals surface area contributed by atoms with Gasteiger partial charge in [-0.1, -0.05) is 30.3 Å². The summed E-state index contributed by atoms with van der Waals surface area (Å²) in [6, 6.07) is 10.8. The molecule has 1 N–H and O–H groups in total. The topological polar surface area (TPSA) is 33.1 Å². The lowest BCUT2D eigenvalue weighted by molar-refractivity contribution is 0.325. The number of aromatic nitrogens is 2. The second-order valence-electron chi connectivity index (χ2n) is 6.32. The molecule has 2 heterocycles. The van der Waals surface area contributed by atoms with Gasteiger partial charge in [0, 0.05) is 32.9 Å². The largest absolute Gasteiger partial charge is 0.337 e. The fraction of sp³-hybridized carbons (Fsp3) is 0.500. The number of rotatable bonds is 7. The standard InChI is InChI=1S/C18H26N4/c1-21-15-20-13-18(21)12-19-11-17-8-10-22(14-17)9-7-16-5-3-2-4-6-16/h2-6,13,15,17,19H,7-12,14H2,1H3/t17-/m0/s1. The summed E-state index contributed by atoms with van der Waals surface area (Å²) in [4.78, 5) is 6.75. The van der Waals surface area contributed by atoms with Crippen molar-refractivity contribution in [3.05, 3.63) is 54.1 Å². The van der Waals surface area contributed by atoms with E-state index < -0.39 is 0 Å². The third kappa shape index (κ3) is 4.18. The molecule has 0 spiro atoms. The molecular weight excluding hydrogens is 272 g/mol. The van der Waals surface area contributed by atoms with Crippen molar-refractivity contribution in [3.63, 3.8) is 0 Å². The SMILES string of the molecule is Cn1cncc1CNC[C@@H]1CCN(CCc2ccccc2)C1. The molecule has 0 bridgehead atoms. The average Bonchev–Trinajstić information content (AvgIpc) is 3.16. The van der Waals surface area contributed by atoms with Crippen LogP contribution in [0, 0.1) is 5.92 Å². The molecule has 0 saturated carbocycles. The predicted octanol–water partition coefficient (Wildman–Crippen LogP) is 2.07. The molecule has 0 unspecified atom stereocenters. The first-order valence-corrected chi connectivity index (χ1v) is 8.23. The molecular formula is C18H26N4. The summed E-state index contributed by atoms with van der Waals surface area (Å²) in [7, 11) is 2.05. The number of nitrogens with one attached hydrogen (secondary N) is 1. The van der Waals surface area contributed by atoms with Crippen LogP contribution in [0.25, 0.3) is 0 Å². The summed E-state index contributed by atoms with van der Waals surface area (Å²) < 4.78 is 2.08. The molecule has 4 nitrogen and oxygen atoms in total. The van der Waals surface area contributed by atoms with Crippen LogP contribution in [0.15, 0.2) is 42.9 Å². The van der Waals surface area contributed by atoms with Crippen molar-refractivity contribution >= 4 is 0 Å². The van der Waals surface area contributed by atoms with Crippen molar-refractivity contribution in [1.82, 2.24) is 19.8 Å². The van der Waals surface area contributed by atoms with Crippen molar-refractivity contribution in [1.29, 1.82) is 0 Å². The summed E-state index contributed by atoms with van der Waals surface area (Å²) >= 11 is 0. The maximum absolute atomic E-state index is 4.15. The lowest BCUT2D eigenvalue weighted by Gasteiger charge is -2.16. The first-order chi connectivity index (χ1) is 10.8. The summed E-state index contributed by atoms with van der Waals surface area (Å²) in [5.74, 6) is 0.781. The van der Waals surface area contributed by atoms with E-state index in [4.69, 9.17) is 0 Å². The lowest BCUT2D eigenvalue weighted by atomic mass is 10.1. The van der Waals surface area contributed by atoms with Crippen LogP contribution in [0.3, 0.4) is 0 Å². The summed E-state index contributed by atoms with van der Waals surface area (Å²) in [6.07, 6.45) is 6.27. The van der Waals surface area contributed by atoms with E-state index in [-0.39, 0.29) is 0 Å². The highest BCUT2D eigenvalue weighted by atomic mass is 15.1. The van der Waals surface area contributed by atoms with Crippen LogP contribution >= 0.6 is 0 Å². The van der Waals surface area contributed by atoms with Crippen molar-refractivity contribution in [2.45, 2.75) is 19.4 Å². The highest BCUT2D eigenvalue weighted by molar-refractivity contribution is 5.14. The third-order valence-corrected chi connectivity index (χ3v) is 4.59. The van der Waals surface area contributed by atoms with Gasteiger partial charge in [0.25, 0.3) is 0 Å². The van der Waals surface area contributed by atoms with Gasteiger partial charge in [0.15, 0.2) is 0 Å². The van der Waals surface area contributed by atoms with Gasteiger partial charge in [-0.15, -0.1) is 0 Å². The van der Waals surface area contributed by atoms with Gasteiger partial charge in [-0.3, -0.25) is 0 Å². The van der Waals surface area contributed by atoms with E-state index >= 15 is 0 Å². The second-order valence-corrected chi connectivity index (χ2v) is 6.32. The minimum atomic E-state index is 0.781. The van der Waals surface area contributed by atoms with Crippen LogP contribution in [0.1, 0.15) is 17.7 Å². The van der Waals surface area contributed by atoms with Gasteiger partial charge in [0.2, 0.25) is 0 Å². The number of nitrogens with zero attached hydrogens (tertiary/aromatic N) is 3. The number of benzene rings is 1. The molecule has 0 aliphatic carbocycles. The third-order valence-electron chi connectivity index (χ3n) is 4.59. The van der Waals surface area contributed by atoms with Crippen molar-refractivity contribution in [3.8, 4) is 0 Å². The van der Waals surface area contributed by atoms with Crippen molar-refractivity contribution in [2.24, 2.45) is 13.0 Å². The monoisotopic (exact) mass is 298 g/mol. The highest BCUT2D eigenvalue weighted by Gasteiger charge is 2.21. The number of hydrogen-bond acceptors (Lipinski definition) is 3.